The average molecular weight is 415 g/mol. The Morgan fingerprint density at radius 2 is 2.12 bits per heavy atom. The zero-order valence-electron chi connectivity index (χ0n) is 14.4. The highest BCUT2D eigenvalue weighted by Crippen LogP contribution is 2.28. The Morgan fingerprint density at radius 3 is 2.77 bits per heavy atom. The predicted octanol–water partition coefficient (Wildman–Crippen LogP) is 1.87. The molecule has 10 heteroatoms. The number of carbonyl (C=O) groups excluding carboxylic acids is 1. The van der Waals surface area contributed by atoms with E-state index in [-0.39, 0.29) is 29.2 Å². The van der Waals surface area contributed by atoms with E-state index in [2.05, 4.69) is 10.2 Å². The lowest BCUT2D eigenvalue weighted by Crippen LogP contribution is -2.38. The molecule has 140 valence electrons. The van der Waals surface area contributed by atoms with E-state index in [0.717, 1.165) is 5.56 Å². The second-order valence-corrected chi connectivity index (χ2v) is 9.77. The van der Waals surface area contributed by atoms with E-state index in [0.29, 0.717) is 22.4 Å². The number of hydrogen-bond acceptors (Lipinski definition) is 6. The van der Waals surface area contributed by atoms with Crippen LogP contribution in [-0.4, -0.2) is 64.3 Å². The van der Waals surface area contributed by atoms with Gasteiger partial charge in [-0.1, -0.05) is 35.5 Å². The summed E-state index contributed by atoms with van der Waals surface area (Å²) in [5, 5.41) is 9.48. The van der Waals surface area contributed by atoms with Crippen LogP contribution in [0.3, 0.4) is 0 Å². The van der Waals surface area contributed by atoms with Gasteiger partial charge in [0.15, 0.2) is 20.8 Å². The van der Waals surface area contributed by atoms with Crippen LogP contribution >= 0.6 is 23.4 Å². The van der Waals surface area contributed by atoms with Crippen LogP contribution < -0.4 is 0 Å². The lowest BCUT2D eigenvalue weighted by molar-refractivity contribution is -0.128. The Hall–Kier alpha value is -1.58. The van der Waals surface area contributed by atoms with E-state index in [9.17, 15) is 13.2 Å². The van der Waals surface area contributed by atoms with E-state index in [1.54, 1.807) is 17.7 Å². The maximum Gasteiger partial charge on any atom is 0.233 e. The van der Waals surface area contributed by atoms with Gasteiger partial charge in [-0.2, -0.15) is 0 Å². The van der Waals surface area contributed by atoms with E-state index in [4.69, 9.17) is 11.6 Å². The SMILES string of the molecule is CN(C(=O)CSc1nnc(-c2ccccc2Cl)n1C)[C@@H]1CCS(=O)(=O)C1. The highest BCUT2D eigenvalue weighted by molar-refractivity contribution is 7.99. The molecule has 1 aliphatic rings. The van der Waals surface area contributed by atoms with Gasteiger partial charge in [0.1, 0.15) is 0 Å². The summed E-state index contributed by atoms with van der Waals surface area (Å²) in [6, 6.07) is 7.12. The van der Waals surface area contributed by atoms with Crippen LogP contribution in [0.25, 0.3) is 11.4 Å². The van der Waals surface area contributed by atoms with Crippen LogP contribution in [-0.2, 0) is 21.7 Å². The van der Waals surface area contributed by atoms with Crippen molar-refractivity contribution in [2.75, 3.05) is 24.3 Å². The maximum atomic E-state index is 12.4. The third kappa shape index (κ3) is 4.05. The van der Waals surface area contributed by atoms with E-state index < -0.39 is 9.84 Å². The lowest BCUT2D eigenvalue weighted by atomic mass is 10.2. The van der Waals surface area contributed by atoms with Crippen molar-refractivity contribution >= 4 is 39.1 Å². The van der Waals surface area contributed by atoms with Crippen molar-refractivity contribution in [1.82, 2.24) is 19.7 Å². The molecule has 0 N–H and O–H groups in total. The molecular formula is C16H19ClN4O3S2. The van der Waals surface area contributed by atoms with Gasteiger partial charge in [0.05, 0.1) is 22.3 Å². The maximum absolute atomic E-state index is 12.4. The molecule has 0 aliphatic carbocycles. The number of sulfone groups is 1. The van der Waals surface area contributed by atoms with Crippen molar-refractivity contribution in [3.8, 4) is 11.4 Å². The quantitative estimate of drug-likeness (QED) is 0.694. The minimum absolute atomic E-state index is 0.0422. The molecule has 0 radical (unpaired) electrons. The summed E-state index contributed by atoms with van der Waals surface area (Å²) in [6.07, 6.45) is 0.496. The molecular weight excluding hydrogens is 396 g/mol. The number of thioether (sulfide) groups is 1. The van der Waals surface area contributed by atoms with Gasteiger partial charge in [0, 0.05) is 25.7 Å². The zero-order valence-corrected chi connectivity index (χ0v) is 16.8. The van der Waals surface area contributed by atoms with Gasteiger partial charge < -0.3 is 9.47 Å². The summed E-state index contributed by atoms with van der Waals surface area (Å²) in [7, 11) is 0.452. The van der Waals surface area contributed by atoms with Crippen LogP contribution in [0.2, 0.25) is 5.02 Å². The molecule has 1 aromatic heterocycles. The highest BCUT2D eigenvalue weighted by atomic mass is 35.5. The molecule has 3 rings (SSSR count). The summed E-state index contributed by atoms with van der Waals surface area (Å²) < 4.78 is 25.0. The average Bonchev–Trinajstić information content (AvgIpc) is 3.15. The van der Waals surface area contributed by atoms with Gasteiger partial charge >= 0.3 is 0 Å². The second-order valence-electron chi connectivity index (χ2n) is 6.20. The molecule has 1 aromatic carbocycles. The molecule has 26 heavy (non-hydrogen) atoms. The number of aromatic nitrogens is 3. The van der Waals surface area contributed by atoms with Gasteiger partial charge in [0.25, 0.3) is 0 Å². The van der Waals surface area contributed by atoms with Gasteiger partial charge in [-0.3, -0.25) is 4.79 Å². The van der Waals surface area contributed by atoms with Crippen LogP contribution in [0.4, 0.5) is 0 Å². The molecule has 0 unspecified atom stereocenters. The summed E-state index contributed by atoms with van der Waals surface area (Å²) in [4.78, 5) is 13.9. The Morgan fingerprint density at radius 1 is 1.38 bits per heavy atom. The highest BCUT2D eigenvalue weighted by Gasteiger charge is 2.32. The zero-order chi connectivity index (χ0) is 18.9. The number of benzene rings is 1. The first-order chi connectivity index (χ1) is 12.3. The van der Waals surface area contributed by atoms with Crippen LogP contribution in [0.1, 0.15) is 6.42 Å². The van der Waals surface area contributed by atoms with Crippen LogP contribution in [0, 0.1) is 0 Å². The number of nitrogens with zero attached hydrogens (tertiary/aromatic N) is 4. The first kappa shape index (κ1) is 19.2. The summed E-state index contributed by atoms with van der Waals surface area (Å²) >= 11 is 7.48. The fourth-order valence-corrected chi connectivity index (χ4v) is 5.66. The molecule has 1 atom stereocenters. The van der Waals surface area contributed by atoms with Crippen molar-refractivity contribution in [2.45, 2.75) is 17.6 Å². The predicted molar refractivity (Wildman–Crippen MR) is 102 cm³/mol. The lowest BCUT2D eigenvalue weighted by Gasteiger charge is -2.23. The molecule has 1 amide bonds. The molecule has 0 saturated carbocycles. The molecule has 7 nitrogen and oxygen atoms in total. The topological polar surface area (TPSA) is 85.2 Å². The first-order valence-electron chi connectivity index (χ1n) is 8.01. The van der Waals surface area contributed by atoms with E-state index in [1.807, 2.05) is 25.2 Å². The van der Waals surface area contributed by atoms with Gasteiger partial charge in [-0.05, 0) is 18.6 Å². The van der Waals surface area contributed by atoms with Gasteiger partial charge in [-0.15, -0.1) is 10.2 Å². The van der Waals surface area contributed by atoms with E-state index >= 15 is 0 Å². The smallest absolute Gasteiger partial charge is 0.233 e. The molecule has 1 saturated heterocycles. The Kier molecular flexibility index (Phi) is 5.59. The fraction of sp³-hybridized carbons (Fsp3) is 0.438. The first-order valence-corrected chi connectivity index (χ1v) is 11.2. The summed E-state index contributed by atoms with van der Waals surface area (Å²) in [6.45, 7) is 0. The fourth-order valence-electron chi connectivity index (χ4n) is 2.83. The Labute approximate surface area is 161 Å². The van der Waals surface area contributed by atoms with E-state index in [1.165, 1.54) is 16.7 Å². The molecule has 0 bridgehead atoms. The van der Waals surface area contributed by atoms with Gasteiger partial charge in [-0.25, -0.2) is 8.42 Å². The monoisotopic (exact) mass is 414 g/mol. The minimum Gasteiger partial charge on any atom is -0.341 e. The van der Waals surface area contributed by atoms with Crippen LogP contribution in [0.5, 0.6) is 0 Å². The Balaban J connectivity index is 1.65. The molecule has 2 aromatic rings. The number of rotatable bonds is 5. The standard InChI is InChI=1S/C16H19ClN4O3S2/c1-20(11-7-8-26(23,24)10-11)14(22)9-25-16-19-18-15(21(16)2)12-5-3-4-6-13(12)17/h3-6,11H,7-10H2,1-2H3/t11-/m1/s1. The molecule has 0 spiro atoms. The largest absolute Gasteiger partial charge is 0.341 e. The van der Waals surface area contributed by atoms with Crippen molar-refractivity contribution in [3.63, 3.8) is 0 Å². The van der Waals surface area contributed by atoms with Crippen molar-refractivity contribution < 1.29 is 13.2 Å². The molecule has 1 aliphatic heterocycles. The van der Waals surface area contributed by atoms with Crippen LogP contribution in [0.15, 0.2) is 29.4 Å². The minimum atomic E-state index is -3.02. The third-order valence-corrected chi connectivity index (χ3v) is 7.51. The number of carbonyl (C=O) groups is 1. The summed E-state index contributed by atoms with van der Waals surface area (Å²) in [5.74, 6) is 0.856. The number of halogens is 1. The second kappa shape index (κ2) is 7.58. The number of hydrogen-bond donors (Lipinski definition) is 0. The van der Waals surface area contributed by atoms with Crippen molar-refractivity contribution in [3.05, 3.63) is 29.3 Å². The van der Waals surface area contributed by atoms with Crippen molar-refractivity contribution in [1.29, 1.82) is 0 Å². The molecule has 1 fully saturated rings. The normalized spacial score (nSPS) is 18.8. The van der Waals surface area contributed by atoms with Gasteiger partial charge in [0.2, 0.25) is 5.91 Å². The number of amides is 1. The third-order valence-electron chi connectivity index (χ3n) is 4.42. The summed E-state index contributed by atoms with van der Waals surface area (Å²) in [5.41, 5.74) is 0.774. The Bertz CT molecular complexity index is 929. The molecule has 2 heterocycles. The van der Waals surface area contributed by atoms with Crippen molar-refractivity contribution in [2.24, 2.45) is 7.05 Å².